The second-order valence-corrected chi connectivity index (χ2v) is 10.5. The Kier molecular flexibility index (Phi) is 6.49. The number of nitrogens with two attached hydrogens (primary N) is 1. The number of nitrogens with one attached hydrogen (secondary N) is 2. The van der Waals surface area contributed by atoms with Crippen LogP contribution < -0.4 is 11.4 Å². The topological polar surface area (TPSA) is 117 Å². The molecule has 0 aliphatic carbocycles. The van der Waals surface area contributed by atoms with Gasteiger partial charge in [0.25, 0.3) is 0 Å². The van der Waals surface area contributed by atoms with Gasteiger partial charge in [-0.3, -0.25) is 9.36 Å². The summed E-state index contributed by atoms with van der Waals surface area (Å²) in [6.45, 7) is 3.57. The lowest BCUT2D eigenvalue weighted by atomic mass is 9.73. The molecule has 3 heterocycles. The number of hydrogen-bond donors (Lipinski definition) is 3. The predicted molar refractivity (Wildman–Crippen MR) is 141 cm³/mol. The van der Waals surface area contributed by atoms with Crippen LogP contribution in [0.3, 0.4) is 0 Å². The monoisotopic (exact) mass is 507 g/mol. The number of aromatic nitrogens is 3. The molecule has 0 spiro atoms. The lowest BCUT2D eigenvalue weighted by molar-refractivity contribution is -0.135. The summed E-state index contributed by atoms with van der Waals surface area (Å²) in [7, 11) is 0. The first-order valence-corrected chi connectivity index (χ1v) is 12.6. The highest BCUT2D eigenvalue weighted by Gasteiger charge is 2.42. The van der Waals surface area contributed by atoms with Gasteiger partial charge in [-0.25, -0.2) is 4.79 Å². The zero-order chi connectivity index (χ0) is 25.4. The highest BCUT2D eigenvalue weighted by atomic mass is 35.5. The van der Waals surface area contributed by atoms with Gasteiger partial charge in [-0.2, -0.15) is 0 Å². The third-order valence-electron chi connectivity index (χ3n) is 7.81. The summed E-state index contributed by atoms with van der Waals surface area (Å²) in [5.41, 5.74) is 8.29. The molecule has 1 aliphatic rings. The Hall–Kier alpha value is -3.36. The molecule has 1 fully saturated rings. The average Bonchev–Trinajstić information content (AvgIpc) is 3.42. The first-order chi connectivity index (χ1) is 17.3. The van der Waals surface area contributed by atoms with Gasteiger partial charge in [-0.05, 0) is 56.0 Å². The van der Waals surface area contributed by atoms with Crippen LogP contribution in [0.2, 0.25) is 5.02 Å². The standard InChI is InChI=1S/C27H30ClN5O3/c1-27(25(29)35,18(15-34)12-17-14-30-22-5-3-2-4-21(17)22)16-32-10-8-20(9-11-32)33-24-7-6-19(28)13-23(24)31-26(33)36/h2-7,13-15,18,20,30H,8-12,16H2,1H3,(H2,29,35)(H,31,36). The van der Waals surface area contributed by atoms with Gasteiger partial charge < -0.3 is 25.4 Å². The average molecular weight is 508 g/mol. The second kappa shape index (κ2) is 9.59. The molecule has 36 heavy (non-hydrogen) atoms. The molecule has 1 aliphatic heterocycles. The van der Waals surface area contributed by atoms with Crippen LogP contribution in [0.5, 0.6) is 0 Å². The Labute approximate surface area is 213 Å². The van der Waals surface area contributed by atoms with Crippen molar-refractivity contribution in [3.63, 3.8) is 0 Å². The summed E-state index contributed by atoms with van der Waals surface area (Å²) in [4.78, 5) is 46.0. The van der Waals surface area contributed by atoms with Gasteiger partial charge in [0, 0.05) is 53.7 Å². The SMILES string of the molecule is CC(CN1CCC(n2c(=O)[nH]c3cc(Cl)ccc32)CC1)(C(N)=O)C(C=O)Cc1c[nH]c2ccccc12. The smallest absolute Gasteiger partial charge is 0.326 e. The maximum atomic E-state index is 12.7. The van der Waals surface area contributed by atoms with Gasteiger partial charge in [-0.15, -0.1) is 0 Å². The molecule has 188 valence electrons. The zero-order valence-electron chi connectivity index (χ0n) is 20.2. The zero-order valence-corrected chi connectivity index (χ0v) is 20.9. The van der Waals surface area contributed by atoms with E-state index in [-0.39, 0.29) is 11.7 Å². The van der Waals surface area contributed by atoms with Crippen molar-refractivity contribution in [2.75, 3.05) is 19.6 Å². The maximum Gasteiger partial charge on any atom is 0.326 e. The van der Waals surface area contributed by atoms with Gasteiger partial charge in [0.05, 0.1) is 16.4 Å². The van der Waals surface area contributed by atoms with E-state index in [4.69, 9.17) is 17.3 Å². The van der Waals surface area contributed by atoms with Crippen LogP contribution in [0.4, 0.5) is 0 Å². The summed E-state index contributed by atoms with van der Waals surface area (Å²) < 4.78 is 1.81. The summed E-state index contributed by atoms with van der Waals surface area (Å²) in [5, 5.41) is 1.62. The molecule has 0 radical (unpaired) electrons. The molecule has 1 saturated heterocycles. The lowest BCUT2D eigenvalue weighted by Gasteiger charge is -2.40. The molecule has 5 rings (SSSR count). The minimum atomic E-state index is -1.03. The Morgan fingerprint density at radius 3 is 2.69 bits per heavy atom. The normalized spacial score (nSPS) is 17.8. The van der Waals surface area contributed by atoms with Crippen molar-refractivity contribution in [1.82, 2.24) is 19.4 Å². The van der Waals surface area contributed by atoms with Gasteiger partial charge >= 0.3 is 5.69 Å². The number of aldehydes is 1. The number of fused-ring (bicyclic) bond motifs is 2. The summed E-state index contributed by atoms with van der Waals surface area (Å²) in [6.07, 6.45) is 4.70. The molecule has 0 saturated carbocycles. The fourth-order valence-corrected chi connectivity index (χ4v) is 5.78. The van der Waals surface area contributed by atoms with Gasteiger partial charge in [-0.1, -0.05) is 29.8 Å². The van der Waals surface area contributed by atoms with E-state index in [1.165, 1.54) is 0 Å². The number of primary amides is 1. The second-order valence-electron chi connectivity index (χ2n) is 10.1. The Morgan fingerprint density at radius 1 is 1.22 bits per heavy atom. The van der Waals surface area contributed by atoms with Crippen molar-refractivity contribution in [1.29, 1.82) is 0 Å². The van der Waals surface area contributed by atoms with Crippen LogP contribution in [-0.2, 0) is 16.0 Å². The van der Waals surface area contributed by atoms with Crippen molar-refractivity contribution < 1.29 is 9.59 Å². The number of halogens is 1. The molecular formula is C27H30ClN5O3. The Balaban J connectivity index is 1.31. The summed E-state index contributed by atoms with van der Waals surface area (Å²) >= 11 is 6.08. The molecule has 1 amide bonds. The number of H-pyrrole nitrogens is 2. The number of likely N-dealkylation sites (tertiary alicyclic amines) is 1. The van der Waals surface area contributed by atoms with Crippen LogP contribution in [0, 0.1) is 11.3 Å². The number of aromatic amines is 2. The number of imidazole rings is 1. The number of amides is 1. The van der Waals surface area contributed by atoms with Crippen LogP contribution in [-0.4, -0.2) is 51.3 Å². The minimum absolute atomic E-state index is 0.0385. The molecule has 2 aromatic heterocycles. The number of benzene rings is 2. The van der Waals surface area contributed by atoms with Crippen molar-refractivity contribution in [2.45, 2.75) is 32.2 Å². The first kappa shape index (κ1) is 24.3. The van der Waals surface area contributed by atoms with Crippen molar-refractivity contribution in [3.05, 3.63) is 69.7 Å². The van der Waals surface area contributed by atoms with Crippen molar-refractivity contribution >= 4 is 45.7 Å². The lowest BCUT2D eigenvalue weighted by Crippen LogP contribution is -2.52. The Morgan fingerprint density at radius 2 is 1.97 bits per heavy atom. The third-order valence-corrected chi connectivity index (χ3v) is 8.05. The fraction of sp³-hybridized carbons (Fsp3) is 0.370. The number of carbonyl (C=O) groups is 2. The van der Waals surface area contributed by atoms with Crippen LogP contribution >= 0.6 is 11.6 Å². The predicted octanol–water partition coefficient (Wildman–Crippen LogP) is 3.65. The van der Waals surface area contributed by atoms with E-state index in [1.807, 2.05) is 41.1 Å². The number of rotatable bonds is 8. The molecule has 0 bridgehead atoms. The molecule has 2 atom stereocenters. The summed E-state index contributed by atoms with van der Waals surface area (Å²) in [5.74, 6) is -1.04. The molecular weight excluding hydrogens is 478 g/mol. The highest BCUT2D eigenvalue weighted by Crippen LogP contribution is 2.34. The fourth-order valence-electron chi connectivity index (χ4n) is 5.60. The van der Waals surface area contributed by atoms with Gasteiger partial charge in [0.2, 0.25) is 5.91 Å². The van der Waals surface area contributed by atoms with E-state index in [0.717, 1.165) is 46.6 Å². The van der Waals surface area contributed by atoms with Gasteiger partial charge in [0.15, 0.2) is 0 Å². The number of carbonyl (C=O) groups excluding carboxylic acids is 2. The maximum absolute atomic E-state index is 12.7. The number of hydrogen-bond acceptors (Lipinski definition) is 4. The van der Waals surface area contributed by atoms with E-state index < -0.39 is 17.2 Å². The van der Waals surface area contributed by atoms with Crippen LogP contribution in [0.15, 0.2) is 53.5 Å². The number of para-hydroxylation sites is 1. The molecule has 8 nitrogen and oxygen atoms in total. The highest BCUT2D eigenvalue weighted by molar-refractivity contribution is 6.31. The van der Waals surface area contributed by atoms with E-state index in [1.54, 1.807) is 19.1 Å². The Bertz CT molecular complexity index is 1480. The molecule has 2 aromatic carbocycles. The van der Waals surface area contributed by atoms with Crippen LogP contribution in [0.25, 0.3) is 21.9 Å². The van der Waals surface area contributed by atoms with Crippen molar-refractivity contribution in [3.8, 4) is 0 Å². The molecule has 9 heteroatoms. The molecule has 4 N–H and O–H groups in total. The summed E-state index contributed by atoms with van der Waals surface area (Å²) in [6, 6.07) is 13.4. The first-order valence-electron chi connectivity index (χ1n) is 12.2. The van der Waals surface area contributed by atoms with Crippen LogP contribution in [0.1, 0.15) is 31.4 Å². The van der Waals surface area contributed by atoms with E-state index >= 15 is 0 Å². The van der Waals surface area contributed by atoms with Crippen molar-refractivity contribution in [2.24, 2.45) is 17.1 Å². The molecule has 2 unspecified atom stereocenters. The number of piperidine rings is 1. The number of nitrogens with zero attached hydrogens (tertiary/aromatic N) is 2. The van der Waals surface area contributed by atoms with E-state index in [0.29, 0.717) is 31.1 Å². The quantitative estimate of drug-likeness (QED) is 0.315. The van der Waals surface area contributed by atoms with E-state index in [9.17, 15) is 14.4 Å². The minimum Gasteiger partial charge on any atom is -0.369 e. The largest absolute Gasteiger partial charge is 0.369 e. The van der Waals surface area contributed by atoms with Gasteiger partial charge in [0.1, 0.15) is 6.29 Å². The van der Waals surface area contributed by atoms with E-state index in [2.05, 4.69) is 14.9 Å². The molecule has 4 aromatic rings. The third kappa shape index (κ3) is 4.35.